The normalized spacial score (nSPS) is 16.8. The van der Waals surface area contributed by atoms with E-state index in [9.17, 15) is 9.59 Å². The van der Waals surface area contributed by atoms with Crippen LogP contribution in [0.5, 0.6) is 11.5 Å². The number of hydrogen-bond acceptors (Lipinski definition) is 4. The van der Waals surface area contributed by atoms with Crippen LogP contribution in [0.1, 0.15) is 26.2 Å². The van der Waals surface area contributed by atoms with Gasteiger partial charge in [-0.05, 0) is 31.4 Å². The van der Waals surface area contributed by atoms with Gasteiger partial charge in [-0.2, -0.15) is 0 Å². The molecule has 0 aromatic heterocycles. The number of piperidine rings is 1. The number of rotatable bonds is 3. The van der Waals surface area contributed by atoms with Crippen LogP contribution in [0, 0.1) is 0 Å². The lowest BCUT2D eigenvalue weighted by molar-refractivity contribution is -0.132. The summed E-state index contributed by atoms with van der Waals surface area (Å²) in [5.74, 6) is 1.12. The van der Waals surface area contributed by atoms with Crippen molar-refractivity contribution in [2.45, 2.75) is 26.2 Å². The first-order valence-corrected chi connectivity index (χ1v) is 8.10. The third-order valence-electron chi connectivity index (χ3n) is 4.22. The highest BCUT2D eigenvalue weighted by Crippen LogP contribution is 2.34. The van der Waals surface area contributed by atoms with Crippen LogP contribution in [0.2, 0.25) is 0 Å². The number of anilines is 1. The maximum absolute atomic E-state index is 12.5. The van der Waals surface area contributed by atoms with Gasteiger partial charge in [0.15, 0.2) is 11.5 Å². The zero-order valence-electron chi connectivity index (χ0n) is 13.4. The van der Waals surface area contributed by atoms with Gasteiger partial charge in [0.25, 0.3) is 0 Å². The second-order valence-corrected chi connectivity index (χ2v) is 5.87. The first-order chi connectivity index (χ1) is 11.1. The predicted molar refractivity (Wildman–Crippen MR) is 85.9 cm³/mol. The van der Waals surface area contributed by atoms with E-state index < -0.39 is 0 Å². The molecule has 0 atom stereocenters. The van der Waals surface area contributed by atoms with Gasteiger partial charge in [0.05, 0.1) is 0 Å². The number of nitrogens with zero attached hydrogens (tertiary/aromatic N) is 2. The molecule has 0 unspecified atom stereocenters. The van der Waals surface area contributed by atoms with Gasteiger partial charge in [-0.3, -0.25) is 9.59 Å². The van der Waals surface area contributed by atoms with Gasteiger partial charge in [0, 0.05) is 31.8 Å². The Hall–Kier alpha value is -2.24. The van der Waals surface area contributed by atoms with Crippen molar-refractivity contribution in [3.05, 3.63) is 18.2 Å². The lowest BCUT2D eigenvalue weighted by atomic mass is 10.1. The molecule has 2 aliphatic rings. The molecule has 23 heavy (non-hydrogen) atoms. The Kier molecular flexibility index (Phi) is 4.69. The molecule has 0 spiro atoms. The standard InChI is InChI=1S/C17H22N2O4/c1-13(20)19(12-17(21)18-7-3-2-4-8-18)14-5-6-15-16(11-14)23-10-9-22-15/h5-6,11H,2-4,7-10,12H2,1H3. The molecule has 3 rings (SSSR count). The molecule has 1 aromatic rings. The second kappa shape index (κ2) is 6.89. The first kappa shape index (κ1) is 15.6. The molecule has 0 bridgehead atoms. The summed E-state index contributed by atoms with van der Waals surface area (Å²) in [4.78, 5) is 27.8. The molecule has 0 radical (unpaired) electrons. The van der Waals surface area contributed by atoms with E-state index in [0.717, 1.165) is 25.9 Å². The van der Waals surface area contributed by atoms with Gasteiger partial charge in [0.2, 0.25) is 11.8 Å². The van der Waals surface area contributed by atoms with E-state index >= 15 is 0 Å². The van der Waals surface area contributed by atoms with Crippen LogP contribution >= 0.6 is 0 Å². The van der Waals surface area contributed by atoms with E-state index in [1.54, 1.807) is 18.2 Å². The molecule has 2 aliphatic heterocycles. The fourth-order valence-corrected chi connectivity index (χ4v) is 2.96. The summed E-state index contributed by atoms with van der Waals surface area (Å²) in [5, 5.41) is 0. The Morgan fingerprint density at radius 2 is 1.78 bits per heavy atom. The van der Waals surface area contributed by atoms with Crippen LogP contribution in [0.4, 0.5) is 5.69 Å². The van der Waals surface area contributed by atoms with Crippen molar-refractivity contribution >= 4 is 17.5 Å². The van der Waals surface area contributed by atoms with E-state index in [0.29, 0.717) is 30.4 Å². The summed E-state index contributed by atoms with van der Waals surface area (Å²) in [6, 6.07) is 5.34. The predicted octanol–water partition coefficient (Wildman–Crippen LogP) is 1.82. The number of amides is 2. The van der Waals surface area contributed by atoms with Gasteiger partial charge >= 0.3 is 0 Å². The second-order valence-electron chi connectivity index (χ2n) is 5.87. The van der Waals surface area contributed by atoms with Crippen molar-refractivity contribution in [3.8, 4) is 11.5 Å². The zero-order valence-corrected chi connectivity index (χ0v) is 13.4. The Morgan fingerprint density at radius 1 is 1.09 bits per heavy atom. The average molecular weight is 318 g/mol. The van der Waals surface area contributed by atoms with E-state index in [2.05, 4.69) is 0 Å². The van der Waals surface area contributed by atoms with Crippen LogP contribution < -0.4 is 14.4 Å². The topological polar surface area (TPSA) is 59.1 Å². The van der Waals surface area contributed by atoms with Gasteiger partial charge < -0.3 is 19.3 Å². The molecule has 0 saturated carbocycles. The highest BCUT2D eigenvalue weighted by atomic mass is 16.6. The van der Waals surface area contributed by atoms with Crippen molar-refractivity contribution in [3.63, 3.8) is 0 Å². The molecule has 1 aromatic carbocycles. The SMILES string of the molecule is CC(=O)N(CC(=O)N1CCCCC1)c1ccc2c(c1)OCCO2. The van der Waals surface area contributed by atoms with E-state index in [1.807, 2.05) is 4.90 Å². The monoisotopic (exact) mass is 318 g/mol. The van der Waals surface area contributed by atoms with Crippen LogP contribution in [0.15, 0.2) is 18.2 Å². The lowest BCUT2D eigenvalue weighted by Crippen LogP contribution is -2.44. The lowest BCUT2D eigenvalue weighted by Gasteiger charge is -2.30. The number of likely N-dealkylation sites (tertiary alicyclic amines) is 1. The Labute approximate surface area is 136 Å². The number of ether oxygens (including phenoxy) is 2. The molecule has 6 nitrogen and oxygen atoms in total. The average Bonchev–Trinajstić information content (AvgIpc) is 2.59. The Balaban J connectivity index is 1.76. The summed E-state index contributed by atoms with van der Waals surface area (Å²) in [6.07, 6.45) is 3.24. The van der Waals surface area contributed by atoms with Crippen LogP contribution in [-0.2, 0) is 9.59 Å². The van der Waals surface area contributed by atoms with Gasteiger partial charge in [-0.15, -0.1) is 0 Å². The molecule has 1 fully saturated rings. The minimum absolute atomic E-state index is 0.00482. The number of hydrogen-bond donors (Lipinski definition) is 0. The number of carbonyl (C=O) groups is 2. The van der Waals surface area contributed by atoms with Crippen LogP contribution in [-0.4, -0.2) is 49.6 Å². The summed E-state index contributed by atoms with van der Waals surface area (Å²) in [6.45, 7) is 4.12. The minimum atomic E-state index is -0.160. The van der Waals surface area contributed by atoms with E-state index in [1.165, 1.54) is 18.2 Å². The number of benzene rings is 1. The summed E-state index contributed by atoms with van der Waals surface area (Å²) in [7, 11) is 0. The molecule has 1 saturated heterocycles. The summed E-state index contributed by atoms with van der Waals surface area (Å²) < 4.78 is 11.0. The highest BCUT2D eigenvalue weighted by molar-refractivity contribution is 5.97. The van der Waals surface area contributed by atoms with Crippen molar-refractivity contribution in [2.24, 2.45) is 0 Å². The van der Waals surface area contributed by atoms with Gasteiger partial charge in [0.1, 0.15) is 19.8 Å². The quantitative estimate of drug-likeness (QED) is 0.853. The molecule has 6 heteroatoms. The summed E-state index contributed by atoms with van der Waals surface area (Å²) in [5.41, 5.74) is 0.659. The molecule has 124 valence electrons. The van der Waals surface area contributed by atoms with Crippen LogP contribution in [0.3, 0.4) is 0 Å². The zero-order chi connectivity index (χ0) is 16.2. The smallest absolute Gasteiger partial charge is 0.242 e. The molecular weight excluding hydrogens is 296 g/mol. The number of carbonyl (C=O) groups excluding carboxylic acids is 2. The maximum Gasteiger partial charge on any atom is 0.242 e. The van der Waals surface area contributed by atoms with E-state index in [4.69, 9.17) is 9.47 Å². The maximum atomic E-state index is 12.5. The summed E-state index contributed by atoms with van der Waals surface area (Å²) >= 11 is 0. The molecule has 0 aliphatic carbocycles. The van der Waals surface area contributed by atoms with Crippen molar-refractivity contribution in [2.75, 3.05) is 37.7 Å². The van der Waals surface area contributed by atoms with Crippen molar-refractivity contribution in [1.82, 2.24) is 4.90 Å². The molecule has 2 heterocycles. The third-order valence-corrected chi connectivity index (χ3v) is 4.22. The fraction of sp³-hybridized carbons (Fsp3) is 0.529. The molecule has 0 N–H and O–H groups in total. The largest absolute Gasteiger partial charge is 0.486 e. The Bertz CT molecular complexity index is 596. The van der Waals surface area contributed by atoms with Crippen molar-refractivity contribution in [1.29, 1.82) is 0 Å². The van der Waals surface area contributed by atoms with Gasteiger partial charge in [-0.25, -0.2) is 0 Å². The minimum Gasteiger partial charge on any atom is -0.486 e. The van der Waals surface area contributed by atoms with Gasteiger partial charge in [-0.1, -0.05) is 0 Å². The van der Waals surface area contributed by atoms with Crippen LogP contribution in [0.25, 0.3) is 0 Å². The molecular formula is C17H22N2O4. The number of fused-ring (bicyclic) bond motifs is 1. The molecule has 2 amide bonds. The fourth-order valence-electron chi connectivity index (χ4n) is 2.96. The first-order valence-electron chi connectivity index (χ1n) is 8.10. The Morgan fingerprint density at radius 3 is 2.48 bits per heavy atom. The third kappa shape index (κ3) is 3.57. The van der Waals surface area contributed by atoms with E-state index in [-0.39, 0.29) is 18.4 Å². The highest BCUT2D eigenvalue weighted by Gasteiger charge is 2.23. The van der Waals surface area contributed by atoms with Crippen molar-refractivity contribution < 1.29 is 19.1 Å².